The van der Waals surface area contributed by atoms with E-state index in [9.17, 15) is 18.0 Å². The van der Waals surface area contributed by atoms with Crippen LogP contribution in [0.15, 0.2) is 78.9 Å². The molecule has 0 saturated carbocycles. The second-order valence-corrected chi connectivity index (χ2v) is 13.2. The summed E-state index contributed by atoms with van der Waals surface area (Å²) in [6.07, 6.45) is 2.84. The van der Waals surface area contributed by atoms with Crippen molar-refractivity contribution in [1.82, 2.24) is 10.2 Å². The van der Waals surface area contributed by atoms with Crippen LogP contribution >= 0.6 is 0 Å². The maximum atomic E-state index is 13.9. The Hall–Kier alpha value is -3.65. The summed E-state index contributed by atoms with van der Waals surface area (Å²) in [6, 6.07) is 24.4. The van der Waals surface area contributed by atoms with Gasteiger partial charge in [-0.3, -0.25) is 13.9 Å². The number of nitrogens with zero attached hydrogens (tertiary/aromatic N) is 2. The predicted molar refractivity (Wildman–Crippen MR) is 171 cm³/mol. The number of rotatable bonds is 15. The van der Waals surface area contributed by atoms with E-state index in [-0.39, 0.29) is 37.2 Å². The summed E-state index contributed by atoms with van der Waals surface area (Å²) in [7, 11) is -3.55. The first-order chi connectivity index (χ1) is 20.0. The number of sulfonamides is 1. The summed E-state index contributed by atoms with van der Waals surface area (Å²) in [5.74, 6) is -0.117. The average Bonchev–Trinajstić information content (AvgIpc) is 2.96. The van der Waals surface area contributed by atoms with Crippen molar-refractivity contribution < 1.29 is 18.0 Å². The third-order valence-electron chi connectivity index (χ3n) is 7.21. The van der Waals surface area contributed by atoms with Crippen molar-refractivity contribution in [2.45, 2.75) is 66.0 Å². The summed E-state index contributed by atoms with van der Waals surface area (Å²) in [4.78, 5) is 29.2. The fraction of sp³-hybridized carbons (Fsp3) is 0.412. The van der Waals surface area contributed by atoms with E-state index >= 15 is 0 Å². The number of amides is 2. The second-order valence-electron chi connectivity index (χ2n) is 11.3. The van der Waals surface area contributed by atoms with Gasteiger partial charge in [-0.1, -0.05) is 93.1 Å². The summed E-state index contributed by atoms with van der Waals surface area (Å²) in [5, 5.41) is 3.04. The highest BCUT2D eigenvalue weighted by Crippen LogP contribution is 2.21. The van der Waals surface area contributed by atoms with Crippen molar-refractivity contribution in [2.24, 2.45) is 5.92 Å². The Morgan fingerprint density at radius 3 is 2.05 bits per heavy atom. The molecule has 8 heteroatoms. The van der Waals surface area contributed by atoms with Gasteiger partial charge in [0.05, 0.1) is 11.9 Å². The zero-order valence-electron chi connectivity index (χ0n) is 25.5. The molecule has 1 N–H and O–H groups in total. The zero-order valence-corrected chi connectivity index (χ0v) is 26.4. The predicted octanol–water partition coefficient (Wildman–Crippen LogP) is 5.52. The number of aryl methyl sites for hydroxylation is 2. The van der Waals surface area contributed by atoms with Gasteiger partial charge in [0, 0.05) is 32.5 Å². The van der Waals surface area contributed by atoms with Crippen molar-refractivity contribution in [1.29, 1.82) is 0 Å². The summed E-state index contributed by atoms with van der Waals surface area (Å²) in [6.45, 7) is 9.07. The molecule has 42 heavy (non-hydrogen) atoms. The van der Waals surface area contributed by atoms with E-state index in [1.165, 1.54) is 10.6 Å². The van der Waals surface area contributed by atoms with Crippen molar-refractivity contribution in [3.05, 3.63) is 101 Å². The van der Waals surface area contributed by atoms with Crippen LogP contribution in [-0.2, 0) is 39.0 Å². The molecule has 0 radical (unpaired) electrons. The smallest absolute Gasteiger partial charge is 0.243 e. The molecule has 3 aromatic rings. The molecule has 0 unspecified atom stereocenters. The topological polar surface area (TPSA) is 86.8 Å². The van der Waals surface area contributed by atoms with E-state index in [4.69, 9.17) is 0 Å². The van der Waals surface area contributed by atoms with Crippen molar-refractivity contribution in [2.75, 3.05) is 23.7 Å². The first kappa shape index (κ1) is 32.9. The lowest BCUT2D eigenvalue weighted by atomic mass is 10.0. The summed E-state index contributed by atoms with van der Waals surface area (Å²) in [5.41, 5.74) is 4.70. The van der Waals surface area contributed by atoms with Crippen LogP contribution in [0.5, 0.6) is 0 Å². The van der Waals surface area contributed by atoms with Crippen LogP contribution < -0.4 is 9.62 Å². The first-order valence-electron chi connectivity index (χ1n) is 14.7. The molecule has 0 fully saturated rings. The molecule has 7 nitrogen and oxygen atoms in total. The van der Waals surface area contributed by atoms with Gasteiger partial charge in [-0.15, -0.1) is 0 Å². The highest BCUT2D eigenvalue weighted by molar-refractivity contribution is 7.92. The van der Waals surface area contributed by atoms with Crippen LogP contribution in [-0.4, -0.2) is 50.5 Å². The third-order valence-corrected chi connectivity index (χ3v) is 8.41. The summed E-state index contributed by atoms with van der Waals surface area (Å²) < 4.78 is 26.7. The molecule has 0 aliphatic carbocycles. The molecule has 0 aromatic heterocycles. The van der Waals surface area contributed by atoms with Gasteiger partial charge in [0.15, 0.2) is 0 Å². The van der Waals surface area contributed by atoms with Crippen molar-refractivity contribution in [3.63, 3.8) is 0 Å². The van der Waals surface area contributed by atoms with Crippen LogP contribution in [0.25, 0.3) is 0 Å². The first-order valence-corrected chi connectivity index (χ1v) is 16.6. The minimum atomic E-state index is -3.55. The molecule has 3 aromatic carbocycles. The Balaban J connectivity index is 1.86. The van der Waals surface area contributed by atoms with Crippen molar-refractivity contribution in [3.8, 4) is 0 Å². The van der Waals surface area contributed by atoms with Crippen LogP contribution in [0, 0.1) is 12.8 Å². The number of carbonyl (C=O) groups excluding carboxylic acids is 2. The van der Waals surface area contributed by atoms with Gasteiger partial charge in [0.1, 0.15) is 6.04 Å². The molecule has 0 spiro atoms. The molecule has 3 rings (SSSR count). The van der Waals surface area contributed by atoms with Gasteiger partial charge < -0.3 is 10.2 Å². The molecule has 226 valence electrons. The minimum absolute atomic E-state index is 0.105. The lowest BCUT2D eigenvalue weighted by molar-refractivity contribution is -0.141. The molecule has 0 bridgehead atoms. The fourth-order valence-electron chi connectivity index (χ4n) is 4.77. The Bertz CT molecular complexity index is 1390. The number of hydrogen-bond acceptors (Lipinski definition) is 4. The maximum Gasteiger partial charge on any atom is 0.243 e. The van der Waals surface area contributed by atoms with E-state index in [1.54, 1.807) is 17.0 Å². The SMILES string of the molecule is CCc1ccc(N(CCCC(=O)N(Cc2ccc(C)cc2)[C@@H](Cc2ccccc2)C(=O)NCC(C)C)S(C)(=O)=O)cc1. The Morgan fingerprint density at radius 2 is 1.48 bits per heavy atom. The summed E-state index contributed by atoms with van der Waals surface area (Å²) >= 11 is 0. The van der Waals surface area contributed by atoms with E-state index in [0.29, 0.717) is 25.1 Å². The molecule has 0 heterocycles. The Labute approximate surface area is 252 Å². The number of carbonyl (C=O) groups is 2. The fourth-order valence-corrected chi connectivity index (χ4v) is 5.73. The number of anilines is 1. The number of nitrogens with one attached hydrogen (secondary N) is 1. The van der Waals surface area contributed by atoms with Crippen LogP contribution in [0.2, 0.25) is 0 Å². The molecular formula is C34H45N3O4S. The normalized spacial score (nSPS) is 12.1. The van der Waals surface area contributed by atoms with Gasteiger partial charge in [-0.05, 0) is 54.5 Å². The second kappa shape index (κ2) is 15.5. The zero-order chi connectivity index (χ0) is 30.7. The van der Waals surface area contributed by atoms with Crippen LogP contribution in [0.3, 0.4) is 0 Å². The number of hydrogen-bond donors (Lipinski definition) is 1. The van der Waals surface area contributed by atoms with Gasteiger partial charge in [-0.2, -0.15) is 0 Å². The van der Waals surface area contributed by atoms with E-state index in [2.05, 4.69) is 5.32 Å². The van der Waals surface area contributed by atoms with E-state index in [1.807, 2.05) is 94.4 Å². The average molecular weight is 592 g/mol. The number of benzene rings is 3. The van der Waals surface area contributed by atoms with Crippen molar-refractivity contribution >= 4 is 27.5 Å². The largest absolute Gasteiger partial charge is 0.354 e. The minimum Gasteiger partial charge on any atom is -0.354 e. The Kier molecular flexibility index (Phi) is 12.2. The lowest BCUT2D eigenvalue weighted by Gasteiger charge is -2.32. The van der Waals surface area contributed by atoms with Gasteiger partial charge in [0.2, 0.25) is 21.8 Å². The quantitative estimate of drug-likeness (QED) is 0.252. The molecule has 0 aliphatic heterocycles. The third kappa shape index (κ3) is 10.0. The lowest BCUT2D eigenvalue weighted by Crippen LogP contribution is -2.51. The van der Waals surface area contributed by atoms with E-state index in [0.717, 1.165) is 28.7 Å². The maximum absolute atomic E-state index is 13.9. The molecule has 0 saturated heterocycles. The van der Waals surface area contributed by atoms with Crippen LogP contribution in [0.4, 0.5) is 5.69 Å². The van der Waals surface area contributed by atoms with E-state index < -0.39 is 16.1 Å². The Morgan fingerprint density at radius 1 is 0.857 bits per heavy atom. The van der Waals surface area contributed by atoms with Crippen LogP contribution in [0.1, 0.15) is 55.9 Å². The molecular weight excluding hydrogens is 546 g/mol. The monoisotopic (exact) mass is 591 g/mol. The van der Waals surface area contributed by atoms with Gasteiger partial charge >= 0.3 is 0 Å². The van der Waals surface area contributed by atoms with Gasteiger partial charge in [-0.25, -0.2) is 8.42 Å². The highest BCUT2D eigenvalue weighted by atomic mass is 32.2. The standard InChI is InChI=1S/C34H45N3O4S/c1-6-28-18-20-31(21-19-28)37(42(5,40)41)22-10-13-33(38)36(25-30-16-14-27(4)15-17-30)32(34(39)35-24-26(2)3)23-29-11-8-7-9-12-29/h7-9,11-12,14-21,26,32H,6,10,13,22-25H2,1-5H3,(H,35,39)/t32-/m0/s1. The van der Waals surface area contributed by atoms with Gasteiger partial charge in [0.25, 0.3) is 0 Å². The molecule has 0 aliphatic rings. The molecule has 1 atom stereocenters. The highest BCUT2D eigenvalue weighted by Gasteiger charge is 2.30. The molecule has 2 amide bonds.